The van der Waals surface area contributed by atoms with Gasteiger partial charge in [-0.2, -0.15) is 0 Å². The van der Waals surface area contributed by atoms with Crippen molar-refractivity contribution < 1.29 is 14.3 Å². The van der Waals surface area contributed by atoms with Crippen LogP contribution in [0.5, 0.6) is 0 Å². The Bertz CT molecular complexity index is 744. The monoisotopic (exact) mass is 368 g/mol. The molecule has 1 unspecified atom stereocenters. The first-order valence-corrected chi connectivity index (χ1v) is 9.18. The number of carbonyl (C=O) groups is 2. The molecule has 0 saturated heterocycles. The fourth-order valence-corrected chi connectivity index (χ4v) is 2.85. The molecule has 2 aromatic rings. The van der Waals surface area contributed by atoms with Gasteiger partial charge >= 0.3 is 5.97 Å². The molecule has 0 spiro atoms. The van der Waals surface area contributed by atoms with Crippen LogP contribution in [0.1, 0.15) is 29.8 Å². The number of hydrogen-bond acceptors (Lipinski definition) is 4. The van der Waals surface area contributed by atoms with Crippen molar-refractivity contribution in [2.24, 2.45) is 5.92 Å². The second-order valence-electron chi connectivity index (χ2n) is 6.66. The van der Waals surface area contributed by atoms with Crippen LogP contribution < -0.4 is 4.90 Å². The third-order valence-electron chi connectivity index (χ3n) is 4.63. The van der Waals surface area contributed by atoms with Gasteiger partial charge in [0.2, 0.25) is 0 Å². The maximum Gasteiger partial charge on any atom is 0.310 e. The Kier molecular flexibility index (Phi) is 7.41. The average molecular weight is 368 g/mol. The zero-order valence-corrected chi connectivity index (χ0v) is 16.5. The topological polar surface area (TPSA) is 49.9 Å². The third-order valence-corrected chi connectivity index (χ3v) is 4.63. The summed E-state index contributed by atoms with van der Waals surface area (Å²) in [5.41, 5.74) is 2.69. The van der Waals surface area contributed by atoms with Crippen LogP contribution in [-0.2, 0) is 16.1 Å². The van der Waals surface area contributed by atoms with Crippen LogP contribution in [-0.4, -0.2) is 44.0 Å². The lowest BCUT2D eigenvalue weighted by Crippen LogP contribution is -2.36. The first-order valence-electron chi connectivity index (χ1n) is 9.18. The molecule has 2 aromatic carbocycles. The van der Waals surface area contributed by atoms with Gasteiger partial charge in [-0.1, -0.05) is 37.3 Å². The summed E-state index contributed by atoms with van der Waals surface area (Å²) in [6.07, 6.45) is 0. The Labute approximate surface area is 161 Å². The molecule has 5 nitrogen and oxygen atoms in total. The molecule has 0 aliphatic heterocycles. The minimum atomic E-state index is -0.395. The summed E-state index contributed by atoms with van der Waals surface area (Å²) in [6, 6.07) is 17.3. The molecule has 0 aromatic heterocycles. The molecule has 0 aliphatic carbocycles. The summed E-state index contributed by atoms with van der Waals surface area (Å²) < 4.78 is 4.82. The molecule has 0 N–H and O–H groups in total. The Morgan fingerprint density at radius 2 is 1.67 bits per heavy atom. The van der Waals surface area contributed by atoms with E-state index in [2.05, 4.69) is 11.8 Å². The molecular formula is C22H28N2O3. The van der Waals surface area contributed by atoms with E-state index in [0.29, 0.717) is 18.7 Å². The predicted octanol–water partition coefficient (Wildman–Crippen LogP) is 3.59. The van der Waals surface area contributed by atoms with E-state index < -0.39 is 5.92 Å². The first-order chi connectivity index (χ1) is 13.0. The van der Waals surface area contributed by atoms with Crippen LogP contribution in [0.25, 0.3) is 0 Å². The molecule has 2 rings (SSSR count). The Morgan fingerprint density at radius 3 is 2.22 bits per heavy atom. The van der Waals surface area contributed by atoms with Gasteiger partial charge in [0.25, 0.3) is 5.91 Å². The van der Waals surface area contributed by atoms with E-state index in [4.69, 9.17) is 4.74 Å². The first kappa shape index (κ1) is 20.5. The van der Waals surface area contributed by atoms with Crippen molar-refractivity contribution in [3.8, 4) is 0 Å². The number of carbonyl (C=O) groups excluding carboxylic acids is 2. The van der Waals surface area contributed by atoms with E-state index in [1.165, 1.54) is 7.11 Å². The minimum absolute atomic E-state index is 0.0969. The molecule has 5 heteroatoms. The van der Waals surface area contributed by atoms with Gasteiger partial charge in [-0.05, 0) is 36.8 Å². The molecule has 0 heterocycles. The summed E-state index contributed by atoms with van der Waals surface area (Å²) in [5.74, 6) is -0.811. The van der Waals surface area contributed by atoms with Gasteiger partial charge in [0.15, 0.2) is 0 Å². The zero-order chi connectivity index (χ0) is 19.8. The van der Waals surface area contributed by atoms with Crippen molar-refractivity contribution in [1.82, 2.24) is 4.90 Å². The lowest BCUT2D eigenvalue weighted by molar-refractivity contribution is -0.145. The molecule has 0 radical (unpaired) electrons. The zero-order valence-electron chi connectivity index (χ0n) is 16.5. The molecule has 0 saturated carbocycles. The highest BCUT2D eigenvalue weighted by molar-refractivity contribution is 5.94. The van der Waals surface area contributed by atoms with Gasteiger partial charge in [0.05, 0.1) is 13.0 Å². The summed E-state index contributed by atoms with van der Waals surface area (Å²) in [7, 11) is 3.38. The largest absolute Gasteiger partial charge is 0.469 e. The lowest BCUT2D eigenvalue weighted by Gasteiger charge is -2.26. The summed E-state index contributed by atoms with van der Waals surface area (Å²) in [6.45, 7) is 5.49. The number of anilines is 1. The van der Waals surface area contributed by atoms with Crippen LogP contribution >= 0.6 is 0 Å². The summed E-state index contributed by atoms with van der Waals surface area (Å²) in [5, 5.41) is 0. The van der Waals surface area contributed by atoms with E-state index in [9.17, 15) is 9.59 Å². The number of nitrogens with zero attached hydrogens (tertiary/aromatic N) is 2. The van der Waals surface area contributed by atoms with Gasteiger partial charge < -0.3 is 14.5 Å². The number of amides is 1. The fraction of sp³-hybridized carbons (Fsp3) is 0.364. The van der Waals surface area contributed by atoms with Gasteiger partial charge in [0.1, 0.15) is 0 Å². The van der Waals surface area contributed by atoms with E-state index in [1.54, 1.807) is 11.8 Å². The van der Waals surface area contributed by atoms with Crippen LogP contribution in [0.2, 0.25) is 0 Å². The van der Waals surface area contributed by atoms with Crippen molar-refractivity contribution in [3.63, 3.8) is 0 Å². The number of rotatable bonds is 8. The second-order valence-corrected chi connectivity index (χ2v) is 6.66. The van der Waals surface area contributed by atoms with Crippen molar-refractivity contribution >= 4 is 17.6 Å². The fourth-order valence-electron chi connectivity index (χ4n) is 2.85. The van der Waals surface area contributed by atoms with E-state index in [1.807, 2.05) is 61.6 Å². The van der Waals surface area contributed by atoms with Gasteiger partial charge in [-0.15, -0.1) is 0 Å². The number of ether oxygens (including phenoxy) is 1. The Morgan fingerprint density at radius 1 is 1.04 bits per heavy atom. The van der Waals surface area contributed by atoms with E-state index in [0.717, 1.165) is 17.8 Å². The van der Waals surface area contributed by atoms with Crippen LogP contribution in [0.3, 0.4) is 0 Å². The van der Waals surface area contributed by atoms with Gasteiger partial charge in [-0.3, -0.25) is 9.59 Å². The van der Waals surface area contributed by atoms with Crippen molar-refractivity contribution in [1.29, 1.82) is 0 Å². The highest BCUT2D eigenvalue weighted by Gasteiger charge is 2.23. The highest BCUT2D eigenvalue weighted by Crippen LogP contribution is 2.17. The highest BCUT2D eigenvalue weighted by atomic mass is 16.5. The summed E-state index contributed by atoms with van der Waals surface area (Å²) >= 11 is 0. The van der Waals surface area contributed by atoms with Gasteiger partial charge in [0, 0.05) is 37.9 Å². The smallest absolute Gasteiger partial charge is 0.310 e. The standard InChI is InChI=1S/C22H28N2O3/c1-5-23(3)20-13-11-19(12-14-20)21(25)24(15-17(2)22(26)27-4)16-18-9-7-6-8-10-18/h6-14,17H,5,15-16H2,1-4H3. The third kappa shape index (κ3) is 5.58. The molecule has 1 atom stereocenters. The Balaban J connectivity index is 2.22. The molecule has 0 bridgehead atoms. The number of hydrogen-bond donors (Lipinski definition) is 0. The van der Waals surface area contributed by atoms with Crippen LogP contribution in [0.4, 0.5) is 5.69 Å². The molecule has 0 aliphatic rings. The normalized spacial score (nSPS) is 11.6. The molecule has 144 valence electrons. The second kappa shape index (κ2) is 9.76. The maximum absolute atomic E-state index is 13.1. The number of esters is 1. The molecule has 1 amide bonds. The van der Waals surface area contributed by atoms with Gasteiger partial charge in [-0.25, -0.2) is 0 Å². The van der Waals surface area contributed by atoms with Crippen molar-refractivity contribution in [2.45, 2.75) is 20.4 Å². The van der Waals surface area contributed by atoms with E-state index >= 15 is 0 Å². The SMILES string of the molecule is CCN(C)c1ccc(C(=O)N(Cc2ccccc2)CC(C)C(=O)OC)cc1. The molecule has 27 heavy (non-hydrogen) atoms. The average Bonchev–Trinajstić information content (AvgIpc) is 2.72. The van der Waals surface area contributed by atoms with Crippen LogP contribution in [0, 0.1) is 5.92 Å². The predicted molar refractivity (Wildman–Crippen MR) is 108 cm³/mol. The Hall–Kier alpha value is -2.82. The quantitative estimate of drug-likeness (QED) is 0.668. The van der Waals surface area contributed by atoms with E-state index in [-0.39, 0.29) is 11.9 Å². The summed E-state index contributed by atoms with van der Waals surface area (Å²) in [4.78, 5) is 28.8. The lowest BCUT2D eigenvalue weighted by atomic mass is 10.1. The molecular weight excluding hydrogens is 340 g/mol. The number of benzene rings is 2. The minimum Gasteiger partial charge on any atom is -0.469 e. The van der Waals surface area contributed by atoms with Crippen molar-refractivity contribution in [3.05, 3.63) is 65.7 Å². The number of methoxy groups -OCH3 is 1. The van der Waals surface area contributed by atoms with Crippen molar-refractivity contribution in [2.75, 3.05) is 32.1 Å². The van der Waals surface area contributed by atoms with Crippen LogP contribution in [0.15, 0.2) is 54.6 Å². The molecule has 0 fully saturated rings. The maximum atomic E-state index is 13.1.